The minimum absolute atomic E-state index is 0.00603. The number of nitrogens with one attached hydrogen (secondary N) is 1. The second kappa shape index (κ2) is 13.0. The Kier molecular flexibility index (Phi) is 10.2. The minimum atomic E-state index is -4.30. The first-order valence-electron chi connectivity index (χ1n) is 12.6. The van der Waals surface area contributed by atoms with Crippen LogP contribution in [0.4, 0.5) is 10.1 Å². The van der Waals surface area contributed by atoms with Crippen molar-refractivity contribution in [1.82, 2.24) is 10.2 Å². The van der Waals surface area contributed by atoms with Crippen LogP contribution in [0.1, 0.15) is 39.7 Å². The molecule has 0 aliphatic heterocycles. The summed E-state index contributed by atoms with van der Waals surface area (Å²) >= 11 is 12.4. The Morgan fingerprint density at radius 2 is 1.57 bits per heavy atom. The molecule has 0 heterocycles. The summed E-state index contributed by atoms with van der Waals surface area (Å²) in [6.45, 7) is 6.51. The molecule has 0 radical (unpaired) electrons. The zero-order valence-corrected chi connectivity index (χ0v) is 25.0. The Labute approximate surface area is 244 Å². The molecule has 0 saturated heterocycles. The summed E-state index contributed by atoms with van der Waals surface area (Å²) in [7, 11) is -4.30. The van der Waals surface area contributed by atoms with E-state index in [4.69, 9.17) is 23.2 Å². The SMILES string of the molecule is CC[C@@H](C(=O)NC(C)(C)C)N(Cc1ccccc1Cl)C(=O)CN(c1ccc(F)c(Cl)c1)S(=O)(=O)c1ccccc1. The van der Waals surface area contributed by atoms with Gasteiger partial charge in [-0.15, -0.1) is 0 Å². The monoisotopic (exact) mass is 607 g/mol. The van der Waals surface area contributed by atoms with Crippen molar-refractivity contribution < 1.29 is 22.4 Å². The molecule has 3 aromatic rings. The number of carbonyl (C=O) groups excluding carboxylic acids is 2. The average Bonchev–Trinajstić information content (AvgIpc) is 2.89. The van der Waals surface area contributed by atoms with E-state index in [0.29, 0.717) is 10.6 Å². The summed E-state index contributed by atoms with van der Waals surface area (Å²) < 4.78 is 42.4. The van der Waals surface area contributed by atoms with E-state index in [1.54, 1.807) is 49.4 Å². The fourth-order valence-electron chi connectivity index (χ4n) is 4.07. The summed E-state index contributed by atoms with van der Waals surface area (Å²) in [6, 6.07) is 16.9. The van der Waals surface area contributed by atoms with Crippen LogP contribution in [0.25, 0.3) is 0 Å². The molecule has 0 aliphatic rings. The van der Waals surface area contributed by atoms with E-state index in [0.717, 1.165) is 16.4 Å². The van der Waals surface area contributed by atoms with Crippen molar-refractivity contribution in [1.29, 1.82) is 0 Å². The molecule has 0 aliphatic carbocycles. The van der Waals surface area contributed by atoms with Gasteiger partial charge in [-0.1, -0.05) is 66.5 Å². The first kappa shape index (κ1) is 31.4. The number of halogens is 3. The van der Waals surface area contributed by atoms with Gasteiger partial charge >= 0.3 is 0 Å². The van der Waals surface area contributed by atoms with Crippen molar-refractivity contribution in [3.05, 3.63) is 94.2 Å². The van der Waals surface area contributed by atoms with E-state index < -0.39 is 45.8 Å². The number of carbonyl (C=O) groups is 2. The van der Waals surface area contributed by atoms with Crippen LogP contribution in [0.2, 0.25) is 10.0 Å². The van der Waals surface area contributed by atoms with Crippen LogP contribution >= 0.6 is 23.2 Å². The topological polar surface area (TPSA) is 86.8 Å². The van der Waals surface area contributed by atoms with Gasteiger partial charge in [0.2, 0.25) is 11.8 Å². The van der Waals surface area contributed by atoms with E-state index in [2.05, 4.69) is 5.32 Å². The lowest BCUT2D eigenvalue weighted by Crippen LogP contribution is -2.55. The molecule has 1 atom stereocenters. The van der Waals surface area contributed by atoms with Gasteiger partial charge in [0.1, 0.15) is 18.4 Å². The Hall–Kier alpha value is -3.14. The number of sulfonamides is 1. The molecular weight excluding hydrogens is 576 g/mol. The quantitative estimate of drug-likeness (QED) is 0.304. The molecule has 0 unspecified atom stereocenters. The third kappa shape index (κ3) is 7.74. The molecule has 0 saturated carbocycles. The van der Waals surface area contributed by atoms with Crippen LogP contribution in [0.15, 0.2) is 77.7 Å². The normalized spacial score (nSPS) is 12.5. The van der Waals surface area contributed by atoms with Gasteiger partial charge in [-0.25, -0.2) is 12.8 Å². The number of benzene rings is 3. The maximum absolute atomic E-state index is 14.0. The highest BCUT2D eigenvalue weighted by atomic mass is 35.5. The van der Waals surface area contributed by atoms with Crippen molar-refractivity contribution in [3.8, 4) is 0 Å². The third-order valence-electron chi connectivity index (χ3n) is 5.98. The lowest BCUT2D eigenvalue weighted by Gasteiger charge is -2.35. The second-order valence-electron chi connectivity index (χ2n) is 10.2. The van der Waals surface area contributed by atoms with Gasteiger partial charge in [-0.2, -0.15) is 0 Å². The molecule has 214 valence electrons. The third-order valence-corrected chi connectivity index (χ3v) is 8.43. The highest BCUT2D eigenvalue weighted by Crippen LogP contribution is 2.29. The molecule has 3 rings (SSSR count). The van der Waals surface area contributed by atoms with Crippen molar-refractivity contribution in [2.75, 3.05) is 10.8 Å². The molecule has 3 aromatic carbocycles. The second-order valence-corrected chi connectivity index (χ2v) is 12.9. The summed E-state index contributed by atoms with van der Waals surface area (Å²) in [6.07, 6.45) is 0.256. The molecule has 0 fully saturated rings. The largest absolute Gasteiger partial charge is 0.350 e. The lowest BCUT2D eigenvalue weighted by atomic mass is 10.1. The number of amides is 2. The number of rotatable bonds is 10. The molecule has 40 heavy (non-hydrogen) atoms. The zero-order chi connectivity index (χ0) is 29.7. The first-order chi connectivity index (χ1) is 18.7. The van der Waals surface area contributed by atoms with E-state index in [-0.39, 0.29) is 28.6 Å². The maximum atomic E-state index is 14.0. The van der Waals surface area contributed by atoms with Crippen molar-refractivity contribution in [2.24, 2.45) is 0 Å². The molecule has 0 aromatic heterocycles. The fourth-order valence-corrected chi connectivity index (χ4v) is 5.87. The minimum Gasteiger partial charge on any atom is -0.350 e. The van der Waals surface area contributed by atoms with Crippen LogP contribution in [0.3, 0.4) is 0 Å². The van der Waals surface area contributed by atoms with E-state index in [1.165, 1.54) is 23.1 Å². The van der Waals surface area contributed by atoms with Gasteiger partial charge in [0.05, 0.1) is 15.6 Å². The Balaban J connectivity index is 2.10. The standard InChI is InChI=1S/C29H32Cl2FN3O4S/c1-5-26(28(37)33-29(2,3)4)34(18-20-11-9-10-14-23(20)30)27(36)19-35(21-15-16-25(32)24(31)17-21)40(38,39)22-12-7-6-8-13-22/h6-17,26H,5,18-19H2,1-4H3,(H,33,37)/t26-/m0/s1. The zero-order valence-electron chi connectivity index (χ0n) is 22.7. The highest BCUT2D eigenvalue weighted by Gasteiger charge is 2.35. The molecule has 0 bridgehead atoms. The molecular formula is C29H32Cl2FN3O4S. The van der Waals surface area contributed by atoms with Gasteiger partial charge in [-0.05, 0) is 69.2 Å². The van der Waals surface area contributed by atoms with Gasteiger partial charge in [-0.3, -0.25) is 13.9 Å². The number of anilines is 1. The molecule has 2 amide bonds. The first-order valence-corrected chi connectivity index (χ1v) is 14.8. The average molecular weight is 609 g/mol. The maximum Gasteiger partial charge on any atom is 0.264 e. The van der Waals surface area contributed by atoms with Crippen LogP contribution in [-0.4, -0.2) is 43.3 Å². The van der Waals surface area contributed by atoms with E-state index >= 15 is 0 Å². The van der Waals surface area contributed by atoms with Crippen LogP contribution in [0.5, 0.6) is 0 Å². The van der Waals surface area contributed by atoms with Gasteiger partial charge in [0.25, 0.3) is 10.0 Å². The Bertz CT molecular complexity index is 1460. The van der Waals surface area contributed by atoms with Crippen molar-refractivity contribution in [2.45, 2.75) is 57.1 Å². The number of nitrogens with zero attached hydrogens (tertiary/aromatic N) is 2. The van der Waals surface area contributed by atoms with Gasteiger partial charge < -0.3 is 10.2 Å². The molecule has 0 spiro atoms. The van der Waals surface area contributed by atoms with Crippen molar-refractivity contribution in [3.63, 3.8) is 0 Å². The summed E-state index contributed by atoms with van der Waals surface area (Å²) in [5.74, 6) is -1.78. The van der Waals surface area contributed by atoms with Gasteiger partial charge in [0, 0.05) is 17.1 Å². The predicted molar refractivity (Wildman–Crippen MR) is 156 cm³/mol. The Morgan fingerprint density at radius 3 is 2.15 bits per heavy atom. The molecule has 7 nitrogen and oxygen atoms in total. The predicted octanol–water partition coefficient (Wildman–Crippen LogP) is 6.05. The van der Waals surface area contributed by atoms with Crippen LogP contribution in [-0.2, 0) is 26.2 Å². The highest BCUT2D eigenvalue weighted by molar-refractivity contribution is 7.92. The Morgan fingerprint density at radius 1 is 0.950 bits per heavy atom. The van der Waals surface area contributed by atoms with Crippen LogP contribution in [0, 0.1) is 5.82 Å². The van der Waals surface area contributed by atoms with Crippen molar-refractivity contribution >= 4 is 50.7 Å². The van der Waals surface area contributed by atoms with Crippen LogP contribution < -0.4 is 9.62 Å². The van der Waals surface area contributed by atoms with E-state index in [9.17, 15) is 22.4 Å². The molecule has 11 heteroatoms. The summed E-state index contributed by atoms with van der Waals surface area (Å²) in [5, 5.41) is 2.99. The fraction of sp³-hybridized carbons (Fsp3) is 0.310. The van der Waals surface area contributed by atoms with Gasteiger partial charge in [0.15, 0.2) is 0 Å². The lowest BCUT2D eigenvalue weighted by molar-refractivity contribution is -0.141. The summed E-state index contributed by atoms with van der Waals surface area (Å²) in [5.41, 5.74) is 0.00672. The number of hydrogen-bond donors (Lipinski definition) is 1. The number of hydrogen-bond acceptors (Lipinski definition) is 4. The van der Waals surface area contributed by atoms with E-state index in [1.807, 2.05) is 20.8 Å². The molecule has 1 N–H and O–H groups in total. The summed E-state index contributed by atoms with van der Waals surface area (Å²) in [4.78, 5) is 28.6. The smallest absolute Gasteiger partial charge is 0.264 e.